The Morgan fingerprint density at radius 2 is 1.67 bits per heavy atom. The van der Waals surface area contributed by atoms with Crippen molar-refractivity contribution in [1.82, 2.24) is 4.72 Å². The molecule has 0 heterocycles. The second-order valence-corrected chi connectivity index (χ2v) is 9.13. The summed E-state index contributed by atoms with van der Waals surface area (Å²) in [5.74, 6) is 0.607. The van der Waals surface area contributed by atoms with Gasteiger partial charge in [0.1, 0.15) is 17.5 Å². The summed E-state index contributed by atoms with van der Waals surface area (Å²) in [6.07, 6.45) is 0.178. The summed E-state index contributed by atoms with van der Waals surface area (Å²) in [5.41, 5.74) is 1.97. The fraction of sp³-hybridized carbons (Fsp3) is 0.240. The summed E-state index contributed by atoms with van der Waals surface area (Å²) >= 11 is 0. The van der Waals surface area contributed by atoms with Gasteiger partial charge >= 0.3 is 0 Å². The van der Waals surface area contributed by atoms with Crippen LogP contribution in [0.3, 0.4) is 0 Å². The third-order valence-corrected chi connectivity index (χ3v) is 6.49. The molecule has 1 amide bonds. The molecule has 3 aromatic rings. The van der Waals surface area contributed by atoms with E-state index in [1.807, 2.05) is 37.3 Å². The fourth-order valence-electron chi connectivity index (χ4n) is 3.37. The molecule has 1 atom stereocenters. The first-order valence-electron chi connectivity index (χ1n) is 10.6. The number of methoxy groups -OCH3 is 1. The molecule has 0 radical (unpaired) electrons. The van der Waals surface area contributed by atoms with Gasteiger partial charge in [0.2, 0.25) is 15.9 Å². The van der Waals surface area contributed by atoms with Crippen molar-refractivity contribution in [2.75, 3.05) is 19.0 Å². The van der Waals surface area contributed by atoms with E-state index in [-0.39, 0.29) is 11.3 Å². The van der Waals surface area contributed by atoms with Crippen LogP contribution in [0, 0.1) is 6.92 Å². The topological polar surface area (TPSA) is 93.7 Å². The minimum absolute atomic E-state index is 0.0617. The van der Waals surface area contributed by atoms with Gasteiger partial charge in [-0.05, 0) is 61.7 Å². The number of ether oxygens (including phenoxy) is 2. The predicted molar refractivity (Wildman–Crippen MR) is 128 cm³/mol. The number of rotatable bonds is 10. The van der Waals surface area contributed by atoms with Crippen LogP contribution in [-0.2, 0) is 21.2 Å². The molecule has 0 aliphatic rings. The highest BCUT2D eigenvalue weighted by atomic mass is 32.2. The summed E-state index contributed by atoms with van der Waals surface area (Å²) in [6.45, 7) is 4.12. The van der Waals surface area contributed by atoms with Crippen LogP contribution in [0.2, 0.25) is 0 Å². The maximum atomic E-state index is 13.2. The van der Waals surface area contributed by atoms with E-state index in [2.05, 4.69) is 10.0 Å². The van der Waals surface area contributed by atoms with Gasteiger partial charge in [0.15, 0.2) is 0 Å². The number of carbonyl (C=O) groups is 1. The third-order valence-electron chi connectivity index (χ3n) is 5.02. The molecule has 0 saturated heterocycles. The quantitative estimate of drug-likeness (QED) is 0.470. The lowest BCUT2D eigenvalue weighted by Gasteiger charge is -2.20. The van der Waals surface area contributed by atoms with Crippen LogP contribution in [-0.4, -0.2) is 34.1 Å². The molecular formula is C25H28N2O5S. The highest BCUT2D eigenvalue weighted by Gasteiger charge is 2.27. The summed E-state index contributed by atoms with van der Waals surface area (Å²) in [7, 11) is -2.48. The third kappa shape index (κ3) is 6.34. The van der Waals surface area contributed by atoms with Gasteiger partial charge in [-0.3, -0.25) is 4.79 Å². The molecule has 0 aliphatic heterocycles. The van der Waals surface area contributed by atoms with E-state index in [1.165, 1.54) is 19.2 Å². The van der Waals surface area contributed by atoms with Crippen molar-refractivity contribution in [2.45, 2.75) is 31.2 Å². The summed E-state index contributed by atoms with van der Waals surface area (Å²) in [6, 6.07) is 19.8. The van der Waals surface area contributed by atoms with Gasteiger partial charge in [-0.2, -0.15) is 4.72 Å². The second kappa shape index (κ2) is 11.0. The number of nitrogens with one attached hydrogen (secondary N) is 2. The van der Waals surface area contributed by atoms with E-state index in [0.29, 0.717) is 29.4 Å². The highest BCUT2D eigenvalue weighted by molar-refractivity contribution is 7.89. The lowest BCUT2D eigenvalue weighted by molar-refractivity contribution is -0.117. The molecule has 0 aromatic heterocycles. The minimum Gasteiger partial charge on any atom is -0.495 e. The van der Waals surface area contributed by atoms with E-state index in [1.54, 1.807) is 37.3 Å². The molecule has 0 bridgehead atoms. The Morgan fingerprint density at radius 3 is 2.33 bits per heavy atom. The molecule has 33 heavy (non-hydrogen) atoms. The molecule has 3 rings (SSSR count). The van der Waals surface area contributed by atoms with Gasteiger partial charge < -0.3 is 14.8 Å². The molecule has 7 nitrogen and oxygen atoms in total. The van der Waals surface area contributed by atoms with Crippen molar-refractivity contribution >= 4 is 21.6 Å². The first-order valence-corrected chi connectivity index (χ1v) is 12.1. The van der Waals surface area contributed by atoms with Crippen molar-refractivity contribution in [3.8, 4) is 11.5 Å². The molecule has 0 fully saturated rings. The van der Waals surface area contributed by atoms with Gasteiger partial charge in [-0.15, -0.1) is 0 Å². The van der Waals surface area contributed by atoms with Crippen molar-refractivity contribution in [3.05, 3.63) is 83.9 Å². The number of amides is 1. The molecule has 0 aliphatic carbocycles. The number of hydrogen-bond donors (Lipinski definition) is 2. The van der Waals surface area contributed by atoms with E-state index in [4.69, 9.17) is 9.47 Å². The van der Waals surface area contributed by atoms with Gasteiger partial charge in [-0.25, -0.2) is 8.42 Å². The minimum atomic E-state index is -3.98. The number of sulfonamides is 1. The monoisotopic (exact) mass is 468 g/mol. The zero-order chi connectivity index (χ0) is 23.8. The maximum absolute atomic E-state index is 13.2. The van der Waals surface area contributed by atoms with Crippen LogP contribution < -0.4 is 19.5 Å². The van der Waals surface area contributed by atoms with Crippen LogP contribution in [0.4, 0.5) is 5.69 Å². The van der Waals surface area contributed by atoms with E-state index < -0.39 is 22.0 Å². The Kier molecular flexibility index (Phi) is 8.08. The van der Waals surface area contributed by atoms with Gasteiger partial charge in [0.25, 0.3) is 0 Å². The van der Waals surface area contributed by atoms with Crippen molar-refractivity contribution in [1.29, 1.82) is 0 Å². The largest absolute Gasteiger partial charge is 0.495 e. The van der Waals surface area contributed by atoms with E-state index >= 15 is 0 Å². The number of anilines is 1. The first kappa shape index (κ1) is 24.3. The Morgan fingerprint density at radius 1 is 0.970 bits per heavy atom. The normalized spacial score (nSPS) is 12.1. The number of carbonyl (C=O) groups excluding carboxylic acids is 1. The van der Waals surface area contributed by atoms with Crippen LogP contribution in [0.5, 0.6) is 11.5 Å². The van der Waals surface area contributed by atoms with Crippen molar-refractivity contribution in [3.63, 3.8) is 0 Å². The van der Waals surface area contributed by atoms with Crippen LogP contribution in [0.25, 0.3) is 0 Å². The van der Waals surface area contributed by atoms with Crippen molar-refractivity contribution in [2.24, 2.45) is 0 Å². The summed E-state index contributed by atoms with van der Waals surface area (Å²) in [5, 5.41) is 2.78. The zero-order valence-corrected chi connectivity index (χ0v) is 19.7. The summed E-state index contributed by atoms with van der Waals surface area (Å²) < 4.78 is 39.7. The molecule has 1 unspecified atom stereocenters. The lowest BCUT2D eigenvalue weighted by atomic mass is 10.1. The average molecular weight is 469 g/mol. The maximum Gasteiger partial charge on any atom is 0.243 e. The zero-order valence-electron chi connectivity index (χ0n) is 18.9. The molecular weight excluding hydrogens is 440 g/mol. The van der Waals surface area contributed by atoms with Crippen molar-refractivity contribution < 1.29 is 22.7 Å². The average Bonchev–Trinajstić information content (AvgIpc) is 2.81. The van der Waals surface area contributed by atoms with Gasteiger partial charge in [-0.1, -0.05) is 42.5 Å². The second-order valence-electron chi connectivity index (χ2n) is 7.41. The van der Waals surface area contributed by atoms with E-state index in [0.717, 1.165) is 5.56 Å². The fourth-order valence-corrected chi connectivity index (χ4v) is 4.65. The smallest absolute Gasteiger partial charge is 0.243 e. The standard InChI is InChI=1S/C25H28N2O5S/c1-4-32-23-15-14-20(16-18(23)2)33(29,30)27-22(17-19-10-6-5-7-11-19)25(28)26-21-12-8-9-13-24(21)31-3/h5-16,22,27H,4,17H2,1-3H3,(H,26,28). The Balaban J connectivity index is 1.89. The number of para-hydroxylation sites is 2. The molecule has 3 aromatic carbocycles. The SMILES string of the molecule is CCOc1ccc(S(=O)(=O)NC(Cc2ccccc2)C(=O)Nc2ccccc2OC)cc1C. The molecule has 0 spiro atoms. The van der Waals surface area contributed by atoms with Crippen LogP contribution in [0.1, 0.15) is 18.1 Å². The highest BCUT2D eigenvalue weighted by Crippen LogP contribution is 2.25. The molecule has 2 N–H and O–H groups in total. The number of hydrogen-bond acceptors (Lipinski definition) is 5. The van der Waals surface area contributed by atoms with Gasteiger partial charge in [0.05, 0.1) is 24.3 Å². The molecule has 8 heteroatoms. The molecule has 0 saturated carbocycles. The Hall–Kier alpha value is -3.36. The first-order chi connectivity index (χ1) is 15.8. The molecule has 174 valence electrons. The van der Waals surface area contributed by atoms with Crippen LogP contribution in [0.15, 0.2) is 77.7 Å². The Bertz CT molecular complexity index is 1200. The predicted octanol–water partition coefficient (Wildman–Crippen LogP) is 3.93. The Labute approximate surface area is 194 Å². The lowest BCUT2D eigenvalue weighted by Crippen LogP contribution is -2.45. The number of aryl methyl sites for hydroxylation is 1. The summed E-state index contributed by atoms with van der Waals surface area (Å²) in [4.78, 5) is 13.2. The van der Waals surface area contributed by atoms with Gasteiger partial charge in [0, 0.05) is 0 Å². The van der Waals surface area contributed by atoms with E-state index in [9.17, 15) is 13.2 Å². The van der Waals surface area contributed by atoms with Crippen LogP contribution >= 0.6 is 0 Å². The number of benzene rings is 3.